The minimum atomic E-state index is -1.03. The quantitative estimate of drug-likeness (QED) is 0.681. The topological polar surface area (TPSA) is 66.4 Å². The van der Waals surface area contributed by atoms with Crippen molar-refractivity contribution in [3.63, 3.8) is 0 Å². The number of carbonyl (C=O) groups is 2. The van der Waals surface area contributed by atoms with E-state index in [9.17, 15) is 14.7 Å². The van der Waals surface area contributed by atoms with Gasteiger partial charge in [0, 0.05) is 6.42 Å². The van der Waals surface area contributed by atoms with Crippen LogP contribution in [0.2, 0.25) is 0 Å². The lowest BCUT2D eigenvalue weighted by molar-refractivity contribution is -0.142. The van der Waals surface area contributed by atoms with E-state index in [0.717, 1.165) is 19.3 Å². The number of carbonyl (C=O) groups excluding carboxylic acids is 1. The lowest BCUT2D eigenvalue weighted by Gasteiger charge is -2.14. The normalized spacial score (nSPS) is 11.8. The summed E-state index contributed by atoms with van der Waals surface area (Å²) in [6, 6.07) is 7.81. The van der Waals surface area contributed by atoms with Gasteiger partial charge in [0.05, 0.1) is 0 Å². The molecule has 0 aromatic heterocycles. The van der Waals surface area contributed by atoms with Crippen molar-refractivity contribution in [3.8, 4) is 0 Å². The van der Waals surface area contributed by atoms with E-state index >= 15 is 0 Å². The van der Waals surface area contributed by atoms with Crippen LogP contribution in [0.15, 0.2) is 30.3 Å². The highest BCUT2D eigenvalue weighted by Gasteiger charge is 2.21. The maximum absolute atomic E-state index is 11.8. The van der Waals surface area contributed by atoms with Gasteiger partial charge in [-0.2, -0.15) is 0 Å². The third-order valence-corrected chi connectivity index (χ3v) is 3.19. The van der Waals surface area contributed by atoms with Crippen LogP contribution in [0.3, 0.4) is 0 Å². The van der Waals surface area contributed by atoms with E-state index in [4.69, 9.17) is 0 Å². The van der Waals surface area contributed by atoms with Gasteiger partial charge in [0.1, 0.15) is 0 Å². The molecule has 20 heavy (non-hydrogen) atoms. The molecule has 0 aliphatic carbocycles. The van der Waals surface area contributed by atoms with Gasteiger partial charge in [-0.1, -0.05) is 62.9 Å². The average Bonchev–Trinajstić information content (AvgIpc) is 2.45. The highest BCUT2D eigenvalue weighted by molar-refractivity contribution is 5.84. The lowest BCUT2D eigenvalue weighted by Crippen LogP contribution is -2.33. The van der Waals surface area contributed by atoms with Crippen LogP contribution >= 0.6 is 0 Å². The molecule has 0 saturated heterocycles. The molecule has 110 valence electrons. The maximum atomic E-state index is 11.8. The molecule has 0 heterocycles. The van der Waals surface area contributed by atoms with Crippen LogP contribution in [0.1, 0.15) is 57.1 Å². The molecule has 4 nitrogen and oxygen atoms in total. The zero-order valence-electron chi connectivity index (χ0n) is 12.0. The molecule has 0 radical (unpaired) electrons. The Bertz CT molecular complexity index is 417. The number of aliphatic carboxylic acids is 1. The van der Waals surface area contributed by atoms with E-state index in [2.05, 4.69) is 12.2 Å². The monoisotopic (exact) mass is 277 g/mol. The van der Waals surface area contributed by atoms with Gasteiger partial charge in [-0.25, -0.2) is 4.79 Å². The van der Waals surface area contributed by atoms with Crippen LogP contribution in [0, 0.1) is 0 Å². The summed E-state index contributed by atoms with van der Waals surface area (Å²) >= 11 is 0. The Hall–Kier alpha value is -1.84. The Morgan fingerprint density at radius 3 is 2.35 bits per heavy atom. The van der Waals surface area contributed by atoms with Gasteiger partial charge in [-0.3, -0.25) is 4.79 Å². The molecule has 0 bridgehead atoms. The van der Waals surface area contributed by atoms with Gasteiger partial charge in [-0.05, 0) is 12.0 Å². The fourth-order valence-corrected chi connectivity index (χ4v) is 2.06. The number of carboxylic acid groups (broad SMARTS) is 1. The second-order valence-electron chi connectivity index (χ2n) is 4.91. The molecule has 1 aromatic carbocycles. The number of carboxylic acids is 1. The minimum absolute atomic E-state index is 0.197. The summed E-state index contributed by atoms with van der Waals surface area (Å²) in [5.41, 5.74) is 0.597. The lowest BCUT2D eigenvalue weighted by atomic mass is 10.1. The van der Waals surface area contributed by atoms with Crippen LogP contribution < -0.4 is 5.32 Å². The van der Waals surface area contributed by atoms with Crippen LogP contribution in [-0.2, 0) is 9.59 Å². The first-order valence-electron chi connectivity index (χ1n) is 7.22. The summed E-state index contributed by atoms with van der Waals surface area (Å²) in [7, 11) is 0. The highest BCUT2D eigenvalue weighted by Crippen LogP contribution is 2.13. The van der Waals surface area contributed by atoms with Crippen molar-refractivity contribution in [1.82, 2.24) is 5.32 Å². The van der Waals surface area contributed by atoms with Crippen LogP contribution in [-0.4, -0.2) is 17.0 Å². The number of hydrogen-bond donors (Lipinski definition) is 2. The molecule has 1 atom stereocenters. The molecule has 0 aliphatic rings. The molecule has 0 unspecified atom stereocenters. The van der Waals surface area contributed by atoms with Gasteiger partial charge >= 0.3 is 5.97 Å². The fraction of sp³-hybridized carbons (Fsp3) is 0.500. The standard InChI is InChI=1S/C16H23NO3/c1-2-3-4-5-9-12-14(18)17-15(16(19)20)13-10-7-6-8-11-13/h6-8,10-11,15H,2-5,9,12H2,1H3,(H,17,18)(H,19,20)/t15-/m1/s1. The van der Waals surface area contributed by atoms with Crippen molar-refractivity contribution in [2.75, 3.05) is 0 Å². The summed E-state index contributed by atoms with van der Waals surface area (Å²) in [4.78, 5) is 23.0. The molecule has 0 fully saturated rings. The largest absolute Gasteiger partial charge is 0.479 e. The van der Waals surface area contributed by atoms with Gasteiger partial charge in [0.2, 0.25) is 5.91 Å². The van der Waals surface area contributed by atoms with Crippen LogP contribution in [0.25, 0.3) is 0 Å². The van der Waals surface area contributed by atoms with Crippen molar-refractivity contribution in [1.29, 1.82) is 0 Å². The van der Waals surface area contributed by atoms with Crippen molar-refractivity contribution in [2.24, 2.45) is 0 Å². The predicted octanol–water partition coefficient (Wildman–Crippen LogP) is 3.29. The molecular formula is C16H23NO3. The van der Waals surface area contributed by atoms with E-state index in [1.165, 1.54) is 12.8 Å². The van der Waals surface area contributed by atoms with Crippen molar-refractivity contribution < 1.29 is 14.7 Å². The summed E-state index contributed by atoms with van der Waals surface area (Å²) in [6.07, 6.45) is 5.70. The molecule has 0 aliphatic heterocycles. The SMILES string of the molecule is CCCCCCCC(=O)N[C@@H](C(=O)O)c1ccccc1. The second-order valence-corrected chi connectivity index (χ2v) is 4.91. The summed E-state index contributed by atoms with van der Waals surface area (Å²) in [6.45, 7) is 2.14. The molecular weight excluding hydrogens is 254 g/mol. The molecule has 1 rings (SSSR count). The van der Waals surface area contributed by atoms with Gasteiger partial charge in [-0.15, -0.1) is 0 Å². The molecule has 4 heteroatoms. The molecule has 1 amide bonds. The molecule has 2 N–H and O–H groups in total. The minimum Gasteiger partial charge on any atom is -0.479 e. The molecule has 1 aromatic rings. The van der Waals surface area contributed by atoms with E-state index < -0.39 is 12.0 Å². The number of unbranched alkanes of at least 4 members (excludes halogenated alkanes) is 4. The highest BCUT2D eigenvalue weighted by atomic mass is 16.4. The van der Waals surface area contributed by atoms with E-state index in [0.29, 0.717) is 12.0 Å². The number of hydrogen-bond acceptors (Lipinski definition) is 2. The van der Waals surface area contributed by atoms with Crippen molar-refractivity contribution in [2.45, 2.75) is 51.5 Å². The second kappa shape index (κ2) is 9.13. The van der Waals surface area contributed by atoms with Gasteiger partial charge in [0.15, 0.2) is 6.04 Å². The Balaban J connectivity index is 2.43. The van der Waals surface area contributed by atoms with Crippen molar-refractivity contribution in [3.05, 3.63) is 35.9 Å². The number of rotatable bonds is 9. The van der Waals surface area contributed by atoms with E-state index in [1.54, 1.807) is 24.3 Å². The summed E-state index contributed by atoms with van der Waals surface area (Å²) < 4.78 is 0. The summed E-state index contributed by atoms with van der Waals surface area (Å²) in [5.74, 6) is -1.23. The Labute approximate surface area is 120 Å². The maximum Gasteiger partial charge on any atom is 0.330 e. The van der Waals surface area contributed by atoms with Gasteiger partial charge in [0.25, 0.3) is 0 Å². The predicted molar refractivity (Wildman–Crippen MR) is 78.3 cm³/mol. The number of nitrogens with one attached hydrogen (secondary N) is 1. The van der Waals surface area contributed by atoms with Crippen LogP contribution in [0.5, 0.6) is 0 Å². The van der Waals surface area contributed by atoms with E-state index in [1.807, 2.05) is 6.07 Å². The van der Waals surface area contributed by atoms with E-state index in [-0.39, 0.29) is 5.91 Å². The summed E-state index contributed by atoms with van der Waals surface area (Å²) in [5, 5.41) is 11.8. The third kappa shape index (κ3) is 5.87. The third-order valence-electron chi connectivity index (χ3n) is 3.19. The fourth-order valence-electron chi connectivity index (χ4n) is 2.06. The first-order chi connectivity index (χ1) is 9.65. The first-order valence-corrected chi connectivity index (χ1v) is 7.22. The first kappa shape index (κ1) is 16.2. The van der Waals surface area contributed by atoms with Crippen LogP contribution in [0.4, 0.5) is 0 Å². The van der Waals surface area contributed by atoms with Gasteiger partial charge < -0.3 is 10.4 Å². The smallest absolute Gasteiger partial charge is 0.330 e. The zero-order valence-corrected chi connectivity index (χ0v) is 12.0. The Morgan fingerprint density at radius 2 is 1.75 bits per heavy atom. The molecule has 0 spiro atoms. The Kier molecular flexibility index (Phi) is 7.40. The van der Waals surface area contributed by atoms with Crippen molar-refractivity contribution >= 4 is 11.9 Å². The number of amides is 1. The number of benzene rings is 1. The zero-order chi connectivity index (χ0) is 14.8. The average molecular weight is 277 g/mol. The Morgan fingerprint density at radius 1 is 1.10 bits per heavy atom. The molecule has 0 saturated carbocycles.